The molecule has 5 nitrogen and oxygen atoms in total. The number of anilines is 1. The maximum Gasteiger partial charge on any atom is 0.291 e. The normalized spacial score (nSPS) is 10.4. The van der Waals surface area contributed by atoms with Crippen molar-refractivity contribution in [2.75, 3.05) is 12.4 Å². The fourth-order valence-corrected chi connectivity index (χ4v) is 2.94. The van der Waals surface area contributed by atoms with Crippen LogP contribution in [0.4, 0.5) is 5.69 Å². The zero-order valence-electron chi connectivity index (χ0n) is 13.8. The smallest absolute Gasteiger partial charge is 0.291 e. The van der Waals surface area contributed by atoms with E-state index < -0.39 is 0 Å². The zero-order chi connectivity index (χ0) is 18.5. The Morgan fingerprint density at radius 3 is 2.81 bits per heavy atom. The van der Waals surface area contributed by atoms with Crippen LogP contribution in [0.5, 0.6) is 11.5 Å². The van der Waals surface area contributed by atoms with Crippen LogP contribution in [0.3, 0.4) is 0 Å². The number of hydrogen-bond acceptors (Lipinski definition) is 4. The van der Waals surface area contributed by atoms with Crippen molar-refractivity contribution in [3.63, 3.8) is 0 Å². The van der Waals surface area contributed by atoms with Crippen molar-refractivity contribution in [1.29, 1.82) is 0 Å². The lowest BCUT2D eigenvalue weighted by Gasteiger charge is -2.07. The molecule has 2 aromatic carbocycles. The van der Waals surface area contributed by atoms with E-state index >= 15 is 0 Å². The van der Waals surface area contributed by atoms with Gasteiger partial charge >= 0.3 is 0 Å². The lowest BCUT2D eigenvalue weighted by atomic mass is 10.3. The van der Waals surface area contributed by atoms with Gasteiger partial charge in [-0.2, -0.15) is 0 Å². The Morgan fingerprint density at radius 1 is 1.19 bits per heavy atom. The predicted octanol–water partition coefficient (Wildman–Crippen LogP) is 5.54. The Morgan fingerprint density at radius 2 is 2.04 bits per heavy atom. The van der Waals surface area contributed by atoms with E-state index in [1.807, 2.05) is 6.07 Å². The molecule has 0 unspecified atom stereocenters. The number of carbonyl (C=O) groups excluding carboxylic acids is 1. The molecular weight excluding hydrogens is 422 g/mol. The molecule has 0 aliphatic heterocycles. The van der Waals surface area contributed by atoms with Gasteiger partial charge in [-0.05, 0) is 42.5 Å². The van der Waals surface area contributed by atoms with Gasteiger partial charge in [0.05, 0.1) is 12.1 Å². The first kappa shape index (κ1) is 18.4. The van der Waals surface area contributed by atoms with Crippen LogP contribution in [-0.2, 0) is 6.61 Å². The molecule has 1 aromatic heterocycles. The highest BCUT2D eigenvalue weighted by Crippen LogP contribution is 2.28. The first-order valence-electron chi connectivity index (χ1n) is 7.67. The molecule has 1 heterocycles. The van der Waals surface area contributed by atoms with Gasteiger partial charge < -0.3 is 19.2 Å². The van der Waals surface area contributed by atoms with E-state index in [4.69, 9.17) is 25.5 Å². The van der Waals surface area contributed by atoms with Crippen LogP contribution in [0, 0.1) is 0 Å². The van der Waals surface area contributed by atoms with Crippen LogP contribution < -0.4 is 14.8 Å². The minimum absolute atomic E-state index is 0.161. The van der Waals surface area contributed by atoms with Gasteiger partial charge in [0.2, 0.25) is 0 Å². The number of amides is 1. The van der Waals surface area contributed by atoms with E-state index in [-0.39, 0.29) is 18.3 Å². The Bertz CT molecular complexity index is 925. The zero-order valence-corrected chi connectivity index (χ0v) is 16.1. The molecule has 0 spiro atoms. The average molecular weight is 437 g/mol. The summed E-state index contributed by atoms with van der Waals surface area (Å²) in [6.07, 6.45) is 0. The molecule has 26 heavy (non-hydrogen) atoms. The van der Waals surface area contributed by atoms with Crippen molar-refractivity contribution in [2.45, 2.75) is 6.61 Å². The van der Waals surface area contributed by atoms with Gasteiger partial charge in [-0.1, -0.05) is 33.6 Å². The number of halogens is 2. The summed E-state index contributed by atoms with van der Waals surface area (Å²) >= 11 is 9.44. The van der Waals surface area contributed by atoms with Gasteiger partial charge in [-0.15, -0.1) is 0 Å². The second kappa shape index (κ2) is 8.29. The third-order valence-corrected chi connectivity index (χ3v) is 4.27. The molecule has 0 aliphatic carbocycles. The van der Waals surface area contributed by atoms with Gasteiger partial charge in [0.25, 0.3) is 5.91 Å². The summed E-state index contributed by atoms with van der Waals surface area (Å²) in [4.78, 5) is 12.3. The van der Waals surface area contributed by atoms with Gasteiger partial charge in [0.15, 0.2) is 5.76 Å². The summed E-state index contributed by atoms with van der Waals surface area (Å²) in [5, 5.41) is 3.24. The van der Waals surface area contributed by atoms with Crippen molar-refractivity contribution >= 4 is 39.1 Å². The van der Waals surface area contributed by atoms with Crippen molar-refractivity contribution in [3.05, 3.63) is 75.6 Å². The fourth-order valence-electron chi connectivity index (χ4n) is 2.21. The molecule has 0 fully saturated rings. The standard InChI is InChI=1S/C19H15BrClNO4/c1-24-14-4-2-3-13(10-14)22-19(23)18-8-6-15(26-18)11-25-17-7-5-12(20)9-16(17)21/h2-10H,11H2,1H3,(H,22,23). The highest BCUT2D eigenvalue weighted by Gasteiger charge is 2.13. The molecule has 3 rings (SSSR count). The van der Waals surface area contributed by atoms with Crippen LogP contribution in [0.15, 0.2) is 63.5 Å². The number of benzene rings is 2. The van der Waals surface area contributed by atoms with Crippen molar-refractivity contribution in [2.24, 2.45) is 0 Å². The maximum atomic E-state index is 12.3. The first-order chi connectivity index (χ1) is 12.5. The van der Waals surface area contributed by atoms with E-state index in [1.165, 1.54) is 0 Å². The summed E-state index contributed by atoms with van der Waals surface area (Å²) in [7, 11) is 1.57. The van der Waals surface area contributed by atoms with E-state index in [9.17, 15) is 4.79 Å². The molecule has 1 N–H and O–H groups in total. The molecule has 0 saturated heterocycles. The second-order valence-corrected chi connectivity index (χ2v) is 6.64. The molecule has 3 aromatic rings. The monoisotopic (exact) mass is 435 g/mol. The number of methoxy groups -OCH3 is 1. The Balaban J connectivity index is 1.62. The predicted molar refractivity (Wildman–Crippen MR) is 103 cm³/mol. The Labute approximate surface area is 164 Å². The van der Waals surface area contributed by atoms with Gasteiger partial charge in [-0.3, -0.25) is 4.79 Å². The maximum absolute atomic E-state index is 12.3. The van der Waals surface area contributed by atoms with E-state index in [0.717, 1.165) is 4.47 Å². The lowest BCUT2D eigenvalue weighted by molar-refractivity contribution is 0.0992. The number of carbonyl (C=O) groups is 1. The number of furan rings is 1. The largest absolute Gasteiger partial charge is 0.497 e. The summed E-state index contributed by atoms with van der Waals surface area (Å²) in [5.41, 5.74) is 0.616. The third-order valence-electron chi connectivity index (χ3n) is 3.48. The quantitative estimate of drug-likeness (QED) is 0.551. The molecule has 0 bridgehead atoms. The first-order valence-corrected chi connectivity index (χ1v) is 8.84. The Hall–Kier alpha value is -2.44. The number of nitrogens with one attached hydrogen (secondary N) is 1. The number of ether oxygens (including phenoxy) is 2. The van der Waals surface area contributed by atoms with Crippen molar-refractivity contribution in [1.82, 2.24) is 0 Å². The minimum Gasteiger partial charge on any atom is -0.497 e. The van der Waals surface area contributed by atoms with Gasteiger partial charge in [0, 0.05) is 16.2 Å². The highest BCUT2D eigenvalue weighted by atomic mass is 79.9. The average Bonchev–Trinajstić information content (AvgIpc) is 3.10. The minimum atomic E-state index is -0.355. The van der Waals surface area contributed by atoms with Crippen LogP contribution in [-0.4, -0.2) is 13.0 Å². The van der Waals surface area contributed by atoms with Gasteiger partial charge in [-0.25, -0.2) is 0 Å². The van der Waals surface area contributed by atoms with Crippen molar-refractivity contribution in [3.8, 4) is 11.5 Å². The molecule has 134 valence electrons. The fraction of sp³-hybridized carbons (Fsp3) is 0.105. The number of hydrogen-bond donors (Lipinski definition) is 1. The summed E-state index contributed by atoms with van der Waals surface area (Å²) in [6.45, 7) is 0.161. The SMILES string of the molecule is COc1cccc(NC(=O)c2ccc(COc3ccc(Br)cc3Cl)o2)c1. The topological polar surface area (TPSA) is 60.7 Å². The molecule has 0 saturated carbocycles. The van der Waals surface area contributed by atoms with Gasteiger partial charge in [0.1, 0.15) is 23.9 Å². The Kier molecular flexibility index (Phi) is 5.85. The van der Waals surface area contributed by atoms with Crippen LogP contribution in [0.1, 0.15) is 16.3 Å². The molecule has 7 heteroatoms. The van der Waals surface area contributed by atoms with Crippen LogP contribution >= 0.6 is 27.5 Å². The summed E-state index contributed by atoms with van der Waals surface area (Å²) in [5.74, 6) is 1.54. The van der Waals surface area contributed by atoms with Crippen LogP contribution in [0.25, 0.3) is 0 Å². The molecular formula is C19H15BrClNO4. The van der Waals surface area contributed by atoms with E-state index in [1.54, 1.807) is 55.6 Å². The molecule has 0 atom stereocenters. The second-order valence-electron chi connectivity index (χ2n) is 5.32. The summed E-state index contributed by atoms with van der Waals surface area (Å²) in [6, 6.07) is 15.7. The van der Waals surface area contributed by atoms with E-state index in [0.29, 0.717) is 28.0 Å². The molecule has 0 radical (unpaired) electrons. The van der Waals surface area contributed by atoms with E-state index in [2.05, 4.69) is 21.2 Å². The third kappa shape index (κ3) is 4.59. The summed E-state index contributed by atoms with van der Waals surface area (Å²) < 4.78 is 17.2. The molecule has 0 aliphatic rings. The lowest BCUT2D eigenvalue weighted by Crippen LogP contribution is -2.10. The van der Waals surface area contributed by atoms with Crippen molar-refractivity contribution < 1.29 is 18.7 Å². The van der Waals surface area contributed by atoms with Crippen LogP contribution in [0.2, 0.25) is 5.02 Å². The molecule has 1 amide bonds. The number of rotatable bonds is 6. The highest BCUT2D eigenvalue weighted by molar-refractivity contribution is 9.10.